The fraction of sp³-hybridized carbons (Fsp3) is 0.464. The molecule has 4 atom stereocenters. The summed E-state index contributed by atoms with van der Waals surface area (Å²) in [6.45, 7) is 7.55. The van der Waals surface area contributed by atoms with Crippen LogP contribution in [-0.4, -0.2) is 33.7 Å². The van der Waals surface area contributed by atoms with Gasteiger partial charge in [-0.05, 0) is 54.2 Å². The van der Waals surface area contributed by atoms with Gasteiger partial charge in [0.25, 0.3) is 0 Å². The quantitative estimate of drug-likeness (QED) is 0.391. The minimum Gasteiger partial charge on any atom is -0.481 e. The lowest BCUT2D eigenvalue weighted by molar-refractivity contribution is -0.162. The maximum Gasteiger partial charge on any atom is 0.304 e. The number of likely N-dealkylation sites (tertiary alicyclic amines) is 1. The molecule has 0 radical (unpaired) electrons. The van der Waals surface area contributed by atoms with Gasteiger partial charge >= 0.3 is 5.97 Å². The lowest BCUT2D eigenvalue weighted by Gasteiger charge is -2.51. The zero-order valence-corrected chi connectivity index (χ0v) is 22.1. The van der Waals surface area contributed by atoms with Gasteiger partial charge in [0.2, 0.25) is 5.91 Å². The average Bonchev–Trinajstić information content (AvgIpc) is 2.77. The van der Waals surface area contributed by atoms with Gasteiger partial charge in [0, 0.05) is 22.4 Å². The molecule has 0 aromatic heterocycles. The number of carbonyl (C=O) groups is 3. The summed E-state index contributed by atoms with van der Waals surface area (Å²) in [5.74, 6) is -1.49. The summed E-state index contributed by atoms with van der Waals surface area (Å²) < 4.78 is 0. The van der Waals surface area contributed by atoms with E-state index >= 15 is 0 Å². The normalized spacial score (nSPS) is 23.4. The first-order chi connectivity index (χ1) is 16.5. The van der Waals surface area contributed by atoms with E-state index in [1.807, 2.05) is 51.1 Å². The Kier molecular flexibility index (Phi) is 8.66. The highest BCUT2D eigenvalue weighted by Crippen LogP contribution is 2.52. The molecule has 1 aliphatic rings. The van der Waals surface area contributed by atoms with Gasteiger partial charge < -0.3 is 10.0 Å². The molecule has 1 aliphatic heterocycles. The number of piperidine rings is 1. The van der Waals surface area contributed by atoms with Crippen molar-refractivity contribution in [2.24, 2.45) is 11.3 Å². The Bertz CT molecular complexity index is 1080. The van der Waals surface area contributed by atoms with E-state index in [0.29, 0.717) is 29.3 Å². The Balaban J connectivity index is 2.25. The number of Topliss-reactive ketones (excluding diaryl/α,β-unsaturated/α-hetero) is 1. The Morgan fingerprint density at radius 2 is 1.74 bits per heavy atom. The van der Waals surface area contributed by atoms with E-state index in [4.69, 9.17) is 23.2 Å². The van der Waals surface area contributed by atoms with Gasteiger partial charge in [0.15, 0.2) is 5.78 Å². The van der Waals surface area contributed by atoms with Crippen LogP contribution in [0.1, 0.15) is 76.5 Å². The van der Waals surface area contributed by atoms with Crippen LogP contribution in [0, 0.1) is 11.3 Å². The van der Waals surface area contributed by atoms with Crippen molar-refractivity contribution in [1.82, 2.24) is 4.90 Å². The van der Waals surface area contributed by atoms with Crippen LogP contribution < -0.4 is 0 Å². The van der Waals surface area contributed by atoms with Crippen LogP contribution in [-0.2, 0) is 14.4 Å². The number of hydrogen-bond acceptors (Lipinski definition) is 3. The number of aliphatic carboxylic acids is 1. The topological polar surface area (TPSA) is 74.7 Å². The van der Waals surface area contributed by atoms with Gasteiger partial charge in [0.1, 0.15) is 0 Å². The van der Waals surface area contributed by atoms with Gasteiger partial charge in [-0.2, -0.15) is 0 Å². The highest BCUT2D eigenvalue weighted by Gasteiger charge is 2.53. The van der Waals surface area contributed by atoms with E-state index in [-0.39, 0.29) is 29.9 Å². The molecule has 1 saturated heterocycles. The third-order valence-corrected chi connectivity index (χ3v) is 7.32. The molecule has 1 heterocycles. The predicted molar refractivity (Wildman–Crippen MR) is 139 cm³/mol. The summed E-state index contributed by atoms with van der Waals surface area (Å²) in [6.07, 6.45) is 0.776. The van der Waals surface area contributed by atoms with Gasteiger partial charge in [-0.1, -0.05) is 75.2 Å². The molecule has 1 N–H and O–H groups in total. The molecule has 0 saturated carbocycles. The SMILES string of the molecule is CC[C@@H](C(=O)CC(C)C)N1C(=O)[C@@](C)(CC(=O)O)C[C@H](c2cccc(Cl)c2)[C@H]1c1ccc(Cl)cc1. The number of rotatable bonds is 9. The van der Waals surface area contributed by atoms with Crippen molar-refractivity contribution in [3.05, 3.63) is 69.7 Å². The van der Waals surface area contributed by atoms with Crippen molar-refractivity contribution >= 4 is 40.9 Å². The zero-order valence-electron chi connectivity index (χ0n) is 20.6. The van der Waals surface area contributed by atoms with Crippen molar-refractivity contribution in [3.8, 4) is 0 Å². The molecule has 3 rings (SSSR count). The summed E-state index contributed by atoms with van der Waals surface area (Å²) in [5.41, 5.74) is 0.575. The summed E-state index contributed by atoms with van der Waals surface area (Å²) in [4.78, 5) is 41.1. The highest BCUT2D eigenvalue weighted by atomic mass is 35.5. The molecule has 0 spiro atoms. The van der Waals surface area contributed by atoms with Crippen molar-refractivity contribution in [2.75, 3.05) is 0 Å². The van der Waals surface area contributed by atoms with Crippen LogP contribution in [0.2, 0.25) is 10.0 Å². The number of amides is 1. The smallest absolute Gasteiger partial charge is 0.304 e. The number of nitrogens with zero attached hydrogens (tertiary/aromatic N) is 1. The molecule has 5 nitrogen and oxygen atoms in total. The number of halogens is 2. The maximum absolute atomic E-state index is 14.1. The lowest BCUT2D eigenvalue weighted by Crippen LogP contribution is -2.58. The largest absolute Gasteiger partial charge is 0.481 e. The second-order valence-electron chi connectivity index (χ2n) is 10.2. The summed E-state index contributed by atoms with van der Waals surface area (Å²) in [7, 11) is 0. The van der Waals surface area contributed by atoms with E-state index in [1.54, 1.807) is 30.0 Å². The van der Waals surface area contributed by atoms with Crippen LogP contribution in [0.4, 0.5) is 0 Å². The number of carbonyl (C=O) groups excluding carboxylic acids is 2. The first kappa shape index (κ1) is 27.2. The van der Waals surface area contributed by atoms with Crippen LogP contribution >= 0.6 is 23.2 Å². The van der Waals surface area contributed by atoms with Gasteiger partial charge in [0.05, 0.1) is 23.9 Å². The van der Waals surface area contributed by atoms with Crippen molar-refractivity contribution in [2.45, 2.75) is 71.4 Å². The number of carboxylic acid groups (broad SMARTS) is 1. The molecule has 1 amide bonds. The van der Waals surface area contributed by atoms with E-state index in [1.165, 1.54) is 0 Å². The second kappa shape index (κ2) is 11.1. The average molecular weight is 518 g/mol. The van der Waals surface area contributed by atoms with Crippen molar-refractivity contribution in [3.63, 3.8) is 0 Å². The molecule has 0 aliphatic carbocycles. The van der Waals surface area contributed by atoms with E-state index in [2.05, 4.69) is 0 Å². The third-order valence-electron chi connectivity index (χ3n) is 6.84. The minimum atomic E-state index is -1.17. The first-order valence-corrected chi connectivity index (χ1v) is 12.8. The molecule has 188 valence electrons. The number of benzene rings is 2. The molecular formula is C28H33Cl2NO4. The highest BCUT2D eigenvalue weighted by molar-refractivity contribution is 6.30. The van der Waals surface area contributed by atoms with Crippen molar-refractivity contribution < 1.29 is 19.5 Å². The lowest BCUT2D eigenvalue weighted by atomic mass is 9.66. The fourth-order valence-corrected chi connectivity index (χ4v) is 5.67. The molecule has 7 heteroatoms. The van der Waals surface area contributed by atoms with Gasteiger partial charge in [-0.3, -0.25) is 14.4 Å². The van der Waals surface area contributed by atoms with Crippen LogP contribution in [0.15, 0.2) is 48.5 Å². The van der Waals surface area contributed by atoms with E-state index in [0.717, 1.165) is 11.1 Å². The molecule has 0 unspecified atom stereocenters. The molecular weight excluding hydrogens is 485 g/mol. The number of ketones is 1. The summed E-state index contributed by atoms with van der Waals surface area (Å²) >= 11 is 12.5. The van der Waals surface area contributed by atoms with Crippen LogP contribution in [0.5, 0.6) is 0 Å². The Hall–Kier alpha value is -2.37. The number of carboxylic acids is 1. The fourth-order valence-electron chi connectivity index (χ4n) is 5.34. The summed E-state index contributed by atoms with van der Waals surface area (Å²) in [6, 6.07) is 13.6. The minimum absolute atomic E-state index is 0.0146. The van der Waals surface area contributed by atoms with E-state index in [9.17, 15) is 19.5 Å². The number of hydrogen-bond donors (Lipinski definition) is 1. The van der Waals surface area contributed by atoms with Crippen molar-refractivity contribution in [1.29, 1.82) is 0 Å². The molecule has 2 aromatic rings. The Labute approximate surface area is 217 Å². The third kappa shape index (κ3) is 6.07. The summed E-state index contributed by atoms with van der Waals surface area (Å²) in [5, 5.41) is 10.8. The molecule has 0 bridgehead atoms. The second-order valence-corrected chi connectivity index (χ2v) is 11.1. The first-order valence-electron chi connectivity index (χ1n) is 12.0. The zero-order chi connectivity index (χ0) is 25.9. The Morgan fingerprint density at radius 1 is 1.09 bits per heavy atom. The van der Waals surface area contributed by atoms with Gasteiger partial charge in [-0.25, -0.2) is 0 Å². The molecule has 2 aromatic carbocycles. The maximum atomic E-state index is 14.1. The molecule has 1 fully saturated rings. The monoisotopic (exact) mass is 517 g/mol. The molecule has 35 heavy (non-hydrogen) atoms. The van der Waals surface area contributed by atoms with Gasteiger partial charge in [-0.15, -0.1) is 0 Å². The Morgan fingerprint density at radius 3 is 2.29 bits per heavy atom. The standard InChI is InChI=1S/C28H33Cl2NO4/c1-5-23(24(32)13-17(2)3)31-26(18-9-11-20(29)12-10-18)22(19-7-6-8-21(30)14-19)15-28(4,27(31)35)16-25(33)34/h6-12,14,17,22-23,26H,5,13,15-16H2,1-4H3,(H,33,34)/t22-,23+,26-,28-/m1/s1. The predicted octanol–water partition coefficient (Wildman–Crippen LogP) is 6.93. The van der Waals surface area contributed by atoms with Crippen LogP contribution in [0.3, 0.4) is 0 Å². The van der Waals surface area contributed by atoms with E-state index < -0.39 is 23.5 Å². The van der Waals surface area contributed by atoms with Crippen LogP contribution in [0.25, 0.3) is 0 Å².